The fourth-order valence-corrected chi connectivity index (χ4v) is 3.39. The molecule has 0 bridgehead atoms. The van der Waals surface area contributed by atoms with Gasteiger partial charge in [-0.15, -0.1) is 0 Å². The summed E-state index contributed by atoms with van der Waals surface area (Å²) < 4.78 is 5.55. The fraction of sp³-hybridized carbons (Fsp3) is 1.00. The highest BCUT2D eigenvalue weighted by atomic mass is 32.2. The summed E-state index contributed by atoms with van der Waals surface area (Å²) >= 11 is 1.96. The maximum Gasteiger partial charge on any atom is 0.0600 e. The number of nitrogens with one attached hydrogen (secondary N) is 1. The Balaban J connectivity index is 2.33. The van der Waals surface area contributed by atoms with Gasteiger partial charge in [-0.3, -0.25) is 0 Å². The summed E-state index contributed by atoms with van der Waals surface area (Å²) in [7, 11) is 0. The van der Waals surface area contributed by atoms with Crippen molar-refractivity contribution in [1.82, 2.24) is 5.32 Å². The zero-order chi connectivity index (χ0) is 11.8. The maximum atomic E-state index is 8.91. The van der Waals surface area contributed by atoms with Gasteiger partial charge in [0, 0.05) is 29.8 Å². The molecule has 0 spiro atoms. The smallest absolute Gasteiger partial charge is 0.0600 e. The molecule has 3 nitrogen and oxygen atoms in total. The van der Waals surface area contributed by atoms with Crippen molar-refractivity contribution in [2.45, 2.75) is 49.7 Å². The maximum absolute atomic E-state index is 8.91. The van der Waals surface area contributed by atoms with Crippen molar-refractivity contribution in [2.75, 3.05) is 26.4 Å². The minimum atomic E-state index is 0.287. The quantitative estimate of drug-likeness (QED) is 0.718. The van der Waals surface area contributed by atoms with Crippen LogP contribution in [0.2, 0.25) is 0 Å². The molecule has 1 heterocycles. The summed E-state index contributed by atoms with van der Waals surface area (Å²) in [5, 5.41) is 13.6. The Labute approximate surface area is 103 Å². The number of thioether (sulfide) groups is 1. The van der Waals surface area contributed by atoms with Gasteiger partial charge in [0.05, 0.1) is 6.61 Å². The van der Waals surface area contributed by atoms with Crippen LogP contribution in [0.3, 0.4) is 0 Å². The van der Waals surface area contributed by atoms with Gasteiger partial charge >= 0.3 is 0 Å². The normalized spacial score (nSPS) is 27.9. The van der Waals surface area contributed by atoms with E-state index in [-0.39, 0.29) is 6.61 Å². The standard InChI is InChI=1S/C12H25NO2S/c1-3-6-13-11-5-8-15-9-12(11)16-10(2)4-7-14/h10-14H,3-9H2,1-2H3. The summed E-state index contributed by atoms with van der Waals surface area (Å²) in [6, 6.07) is 0.583. The molecule has 1 saturated heterocycles. The highest BCUT2D eigenvalue weighted by Crippen LogP contribution is 2.26. The molecule has 1 fully saturated rings. The molecule has 96 valence electrons. The number of rotatable bonds is 7. The van der Waals surface area contributed by atoms with Gasteiger partial charge in [-0.1, -0.05) is 13.8 Å². The lowest BCUT2D eigenvalue weighted by Crippen LogP contribution is -2.45. The number of aliphatic hydroxyl groups excluding tert-OH is 1. The van der Waals surface area contributed by atoms with Crippen LogP contribution in [-0.2, 0) is 4.74 Å². The van der Waals surface area contributed by atoms with Crippen molar-refractivity contribution in [1.29, 1.82) is 0 Å². The minimum Gasteiger partial charge on any atom is -0.396 e. The van der Waals surface area contributed by atoms with Crippen LogP contribution in [0, 0.1) is 0 Å². The van der Waals surface area contributed by atoms with Gasteiger partial charge in [0.2, 0.25) is 0 Å². The second-order valence-corrected chi connectivity index (χ2v) is 6.10. The predicted molar refractivity (Wildman–Crippen MR) is 70.1 cm³/mol. The van der Waals surface area contributed by atoms with E-state index in [1.807, 2.05) is 11.8 Å². The van der Waals surface area contributed by atoms with E-state index in [0.29, 0.717) is 16.5 Å². The second kappa shape index (κ2) is 8.34. The molecule has 1 aliphatic rings. The van der Waals surface area contributed by atoms with Gasteiger partial charge in [-0.05, 0) is 25.8 Å². The lowest BCUT2D eigenvalue weighted by atomic mass is 10.1. The van der Waals surface area contributed by atoms with Crippen molar-refractivity contribution in [3.8, 4) is 0 Å². The first-order chi connectivity index (χ1) is 7.77. The first-order valence-electron chi connectivity index (χ1n) is 6.35. The molecular formula is C12H25NO2S. The summed E-state index contributed by atoms with van der Waals surface area (Å²) in [5.41, 5.74) is 0. The van der Waals surface area contributed by atoms with E-state index in [2.05, 4.69) is 19.2 Å². The van der Waals surface area contributed by atoms with E-state index in [9.17, 15) is 0 Å². The van der Waals surface area contributed by atoms with Crippen LogP contribution < -0.4 is 5.32 Å². The molecule has 0 radical (unpaired) electrons. The summed E-state index contributed by atoms with van der Waals surface area (Å²) in [5.74, 6) is 0. The first-order valence-corrected chi connectivity index (χ1v) is 7.29. The number of hydrogen-bond acceptors (Lipinski definition) is 4. The Morgan fingerprint density at radius 1 is 1.56 bits per heavy atom. The van der Waals surface area contributed by atoms with Crippen LogP contribution in [0.1, 0.15) is 33.1 Å². The number of hydrogen-bond donors (Lipinski definition) is 2. The van der Waals surface area contributed by atoms with Gasteiger partial charge in [-0.2, -0.15) is 11.8 Å². The van der Waals surface area contributed by atoms with E-state index < -0.39 is 0 Å². The van der Waals surface area contributed by atoms with Gasteiger partial charge in [0.25, 0.3) is 0 Å². The third-order valence-electron chi connectivity index (χ3n) is 2.90. The van der Waals surface area contributed by atoms with E-state index in [1.54, 1.807) is 0 Å². The van der Waals surface area contributed by atoms with E-state index in [0.717, 1.165) is 32.6 Å². The lowest BCUT2D eigenvalue weighted by Gasteiger charge is -2.33. The monoisotopic (exact) mass is 247 g/mol. The molecule has 4 heteroatoms. The minimum absolute atomic E-state index is 0.287. The Hall–Kier alpha value is 0.230. The molecule has 0 aliphatic carbocycles. The molecule has 2 N–H and O–H groups in total. The molecular weight excluding hydrogens is 222 g/mol. The van der Waals surface area contributed by atoms with Crippen LogP contribution >= 0.6 is 11.8 Å². The molecule has 0 aromatic rings. The summed E-state index contributed by atoms with van der Waals surface area (Å²) in [4.78, 5) is 0. The van der Waals surface area contributed by atoms with Crippen LogP contribution in [-0.4, -0.2) is 48.0 Å². The highest BCUT2D eigenvalue weighted by molar-refractivity contribution is 8.00. The third kappa shape index (κ3) is 5.04. The zero-order valence-electron chi connectivity index (χ0n) is 10.4. The molecule has 3 unspecified atom stereocenters. The third-order valence-corrected chi connectivity index (χ3v) is 4.42. The van der Waals surface area contributed by atoms with Crippen LogP contribution in [0.15, 0.2) is 0 Å². The van der Waals surface area contributed by atoms with Crippen LogP contribution in [0.5, 0.6) is 0 Å². The van der Waals surface area contributed by atoms with E-state index in [4.69, 9.17) is 9.84 Å². The molecule has 0 aromatic carbocycles. The van der Waals surface area contributed by atoms with Crippen molar-refractivity contribution >= 4 is 11.8 Å². The topological polar surface area (TPSA) is 41.5 Å². The number of ether oxygens (including phenoxy) is 1. The Morgan fingerprint density at radius 3 is 3.06 bits per heavy atom. The van der Waals surface area contributed by atoms with Crippen molar-refractivity contribution in [3.05, 3.63) is 0 Å². The molecule has 0 aromatic heterocycles. The van der Waals surface area contributed by atoms with Crippen LogP contribution in [0.4, 0.5) is 0 Å². The van der Waals surface area contributed by atoms with Crippen molar-refractivity contribution < 1.29 is 9.84 Å². The lowest BCUT2D eigenvalue weighted by molar-refractivity contribution is 0.0831. The average molecular weight is 247 g/mol. The van der Waals surface area contributed by atoms with Crippen molar-refractivity contribution in [2.24, 2.45) is 0 Å². The SMILES string of the molecule is CCCNC1CCOCC1SC(C)CCO. The van der Waals surface area contributed by atoms with Gasteiger partial charge < -0.3 is 15.2 Å². The first kappa shape index (κ1) is 14.3. The molecule has 1 aliphatic heterocycles. The van der Waals surface area contributed by atoms with Crippen molar-refractivity contribution in [3.63, 3.8) is 0 Å². The summed E-state index contributed by atoms with van der Waals surface area (Å²) in [6.45, 7) is 7.49. The van der Waals surface area contributed by atoms with Gasteiger partial charge in [0.15, 0.2) is 0 Å². The van der Waals surface area contributed by atoms with Gasteiger partial charge in [0.1, 0.15) is 0 Å². The van der Waals surface area contributed by atoms with E-state index in [1.165, 1.54) is 6.42 Å². The Morgan fingerprint density at radius 2 is 2.38 bits per heavy atom. The highest BCUT2D eigenvalue weighted by Gasteiger charge is 2.26. The van der Waals surface area contributed by atoms with Crippen LogP contribution in [0.25, 0.3) is 0 Å². The fourth-order valence-electron chi connectivity index (χ4n) is 1.96. The second-order valence-electron chi connectivity index (χ2n) is 4.42. The molecule has 3 atom stereocenters. The average Bonchev–Trinajstić information content (AvgIpc) is 2.28. The van der Waals surface area contributed by atoms with Gasteiger partial charge in [-0.25, -0.2) is 0 Å². The molecule has 0 saturated carbocycles. The molecule has 1 rings (SSSR count). The number of aliphatic hydroxyl groups is 1. The summed E-state index contributed by atoms with van der Waals surface area (Å²) in [6.07, 6.45) is 3.17. The molecule has 0 amide bonds. The Kier molecular flexibility index (Phi) is 7.45. The zero-order valence-corrected chi connectivity index (χ0v) is 11.3. The Bertz CT molecular complexity index is 180. The predicted octanol–water partition coefficient (Wildman–Crippen LogP) is 1.65. The van der Waals surface area contributed by atoms with E-state index >= 15 is 0 Å². The largest absolute Gasteiger partial charge is 0.396 e. The molecule has 16 heavy (non-hydrogen) atoms.